The lowest BCUT2D eigenvalue weighted by Gasteiger charge is -2.24. The van der Waals surface area contributed by atoms with Crippen molar-refractivity contribution in [1.29, 1.82) is 0 Å². The third-order valence-corrected chi connectivity index (χ3v) is 5.88. The van der Waals surface area contributed by atoms with Crippen LogP contribution in [0.5, 0.6) is 5.75 Å². The molecule has 1 aromatic carbocycles. The van der Waals surface area contributed by atoms with E-state index in [-0.39, 0.29) is 0 Å². The number of aromatic nitrogens is 3. The summed E-state index contributed by atoms with van der Waals surface area (Å²) >= 11 is 0. The lowest BCUT2D eigenvalue weighted by Crippen LogP contribution is -2.30. The lowest BCUT2D eigenvalue weighted by atomic mass is 10.0. The van der Waals surface area contributed by atoms with Gasteiger partial charge in [-0.25, -0.2) is 4.98 Å². The topological polar surface area (TPSA) is 45.9 Å². The van der Waals surface area contributed by atoms with E-state index in [1.165, 1.54) is 34.6 Å². The van der Waals surface area contributed by atoms with Crippen LogP contribution >= 0.6 is 0 Å². The molecule has 6 nitrogen and oxygen atoms in total. The minimum atomic E-state index is 0.873. The van der Waals surface area contributed by atoms with Gasteiger partial charge in [0, 0.05) is 37.0 Å². The number of hydrogen-bond acceptors (Lipinski definition) is 5. The maximum atomic E-state index is 5.40. The molecule has 4 rings (SSSR count). The maximum Gasteiger partial charge on any atom is 0.165 e. The number of likely N-dealkylation sites (N-methyl/N-ethyl adjacent to an activating group) is 2. The van der Waals surface area contributed by atoms with E-state index >= 15 is 0 Å². The second-order valence-electron chi connectivity index (χ2n) is 8.32. The first-order valence-corrected chi connectivity index (χ1v) is 10.3. The van der Waals surface area contributed by atoms with Crippen LogP contribution in [0.15, 0.2) is 18.2 Å². The average molecular weight is 394 g/mol. The highest BCUT2D eigenvalue weighted by Gasteiger charge is 2.26. The minimum Gasteiger partial charge on any atom is -0.497 e. The number of ether oxygens (including phenoxy) is 1. The SMILES string of the molecule is COc1ccc(-c2c(C)nn3c(N(C)CCN(C)C)c4c(nc23)CCC4)c(C)c1. The Kier molecular flexibility index (Phi) is 5.21. The molecule has 0 radical (unpaired) electrons. The van der Waals surface area contributed by atoms with Gasteiger partial charge in [0.2, 0.25) is 0 Å². The highest BCUT2D eigenvalue weighted by molar-refractivity contribution is 5.83. The first-order valence-electron chi connectivity index (χ1n) is 10.3. The van der Waals surface area contributed by atoms with Crippen LogP contribution in [-0.2, 0) is 12.8 Å². The number of benzene rings is 1. The molecular formula is C23H31N5O. The Labute approximate surface area is 173 Å². The van der Waals surface area contributed by atoms with Crippen LogP contribution in [0.1, 0.15) is 28.9 Å². The minimum absolute atomic E-state index is 0.873. The summed E-state index contributed by atoms with van der Waals surface area (Å²) in [5, 5.41) is 4.97. The Balaban J connectivity index is 1.91. The Morgan fingerprint density at radius 1 is 1.10 bits per heavy atom. The molecule has 1 aliphatic carbocycles. The molecule has 1 aliphatic rings. The van der Waals surface area contributed by atoms with Crippen molar-refractivity contribution in [2.75, 3.05) is 46.2 Å². The molecule has 0 saturated carbocycles. The molecule has 2 heterocycles. The quantitative estimate of drug-likeness (QED) is 0.641. The Morgan fingerprint density at radius 2 is 1.90 bits per heavy atom. The van der Waals surface area contributed by atoms with E-state index in [9.17, 15) is 0 Å². The fourth-order valence-electron chi connectivity index (χ4n) is 4.32. The number of aryl methyl sites for hydroxylation is 3. The van der Waals surface area contributed by atoms with Crippen molar-refractivity contribution < 1.29 is 4.74 Å². The molecule has 6 heteroatoms. The van der Waals surface area contributed by atoms with E-state index in [0.717, 1.165) is 48.6 Å². The molecule has 0 amide bonds. The van der Waals surface area contributed by atoms with E-state index in [4.69, 9.17) is 14.8 Å². The predicted molar refractivity (Wildman–Crippen MR) is 118 cm³/mol. The second kappa shape index (κ2) is 7.67. The van der Waals surface area contributed by atoms with Crippen molar-refractivity contribution in [2.24, 2.45) is 0 Å². The van der Waals surface area contributed by atoms with Crippen molar-refractivity contribution in [3.63, 3.8) is 0 Å². The standard InChI is InChI=1S/C23H31N5O/c1-15-14-17(29-6)10-11-18(15)21-16(2)25-28-22(21)24-20-9-7-8-19(20)23(28)27(5)13-12-26(3)4/h10-11,14H,7-9,12-13H2,1-6H3. The number of methoxy groups -OCH3 is 1. The highest BCUT2D eigenvalue weighted by Crippen LogP contribution is 2.37. The van der Waals surface area contributed by atoms with E-state index in [1.807, 2.05) is 6.07 Å². The monoisotopic (exact) mass is 393 g/mol. The number of hydrogen-bond donors (Lipinski definition) is 0. The van der Waals surface area contributed by atoms with Crippen molar-refractivity contribution in [3.05, 3.63) is 40.7 Å². The van der Waals surface area contributed by atoms with Gasteiger partial charge < -0.3 is 14.5 Å². The summed E-state index contributed by atoms with van der Waals surface area (Å²) in [6.07, 6.45) is 3.29. The summed E-state index contributed by atoms with van der Waals surface area (Å²) in [5.41, 5.74) is 8.04. The first-order chi connectivity index (χ1) is 13.9. The summed E-state index contributed by atoms with van der Waals surface area (Å²) < 4.78 is 7.47. The lowest BCUT2D eigenvalue weighted by molar-refractivity contribution is 0.414. The molecular weight excluding hydrogens is 362 g/mol. The van der Waals surface area contributed by atoms with Crippen LogP contribution < -0.4 is 9.64 Å². The van der Waals surface area contributed by atoms with E-state index < -0.39 is 0 Å². The van der Waals surface area contributed by atoms with Crippen LogP contribution in [0.25, 0.3) is 16.8 Å². The molecule has 154 valence electrons. The fraction of sp³-hybridized carbons (Fsp3) is 0.478. The Hall–Kier alpha value is -2.60. The van der Waals surface area contributed by atoms with Crippen molar-refractivity contribution >= 4 is 11.5 Å². The Morgan fingerprint density at radius 3 is 2.59 bits per heavy atom. The molecule has 3 aromatic rings. The van der Waals surface area contributed by atoms with Gasteiger partial charge in [-0.3, -0.25) is 0 Å². The van der Waals surface area contributed by atoms with Gasteiger partial charge in [0.15, 0.2) is 5.65 Å². The van der Waals surface area contributed by atoms with Crippen LogP contribution in [0.2, 0.25) is 0 Å². The zero-order chi connectivity index (χ0) is 20.7. The molecule has 0 saturated heterocycles. The first kappa shape index (κ1) is 19.7. The van der Waals surface area contributed by atoms with Gasteiger partial charge in [0.1, 0.15) is 11.6 Å². The molecule has 29 heavy (non-hydrogen) atoms. The van der Waals surface area contributed by atoms with Gasteiger partial charge in [-0.05, 0) is 70.5 Å². The molecule has 0 N–H and O–H groups in total. The van der Waals surface area contributed by atoms with Crippen LogP contribution in [0, 0.1) is 13.8 Å². The van der Waals surface area contributed by atoms with E-state index in [2.05, 4.69) is 61.4 Å². The van der Waals surface area contributed by atoms with Crippen molar-refractivity contribution in [2.45, 2.75) is 33.1 Å². The molecule has 0 bridgehead atoms. The third kappa shape index (κ3) is 3.46. The number of rotatable bonds is 6. The zero-order valence-electron chi connectivity index (χ0n) is 18.4. The van der Waals surface area contributed by atoms with Crippen LogP contribution in [0.4, 0.5) is 5.82 Å². The number of anilines is 1. The van der Waals surface area contributed by atoms with Crippen molar-refractivity contribution in [1.82, 2.24) is 19.5 Å². The number of fused-ring (bicyclic) bond motifs is 2. The van der Waals surface area contributed by atoms with Gasteiger partial charge in [0.05, 0.1) is 12.8 Å². The van der Waals surface area contributed by atoms with E-state index in [0.29, 0.717) is 0 Å². The summed E-state index contributed by atoms with van der Waals surface area (Å²) in [4.78, 5) is 9.67. The van der Waals surface area contributed by atoms with Gasteiger partial charge in [-0.1, -0.05) is 6.07 Å². The van der Waals surface area contributed by atoms with E-state index in [1.54, 1.807) is 7.11 Å². The second-order valence-corrected chi connectivity index (χ2v) is 8.32. The predicted octanol–water partition coefficient (Wildman–Crippen LogP) is 3.51. The molecule has 0 fully saturated rings. The van der Waals surface area contributed by atoms with Gasteiger partial charge in [-0.2, -0.15) is 9.61 Å². The largest absolute Gasteiger partial charge is 0.497 e. The molecule has 2 aromatic heterocycles. The summed E-state index contributed by atoms with van der Waals surface area (Å²) in [6.45, 7) is 6.16. The summed E-state index contributed by atoms with van der Waals surface area (Å²) in [7, 11) is 8.11. The molecule has 0 unspecified atom stereocenters. The van der Waals surface area contributed by atoms with Gasteiger partial charge in [0.25, 0.3) is 0 Å². The fourth-order valence-corrected chi connectivity index (χ4v) is 4.32. The maximum absolute atomic E-state index is 5.40. The summed E-state index contributed by atoms with van der Waals surface area (Å²) in [6, 6.07) is 6.22. The Bertz CT molecular complexity index is 1050. The smallest absolute Gasteiger partial charge is 0.165 e. The van der Waals surface area contributed by atoms with Crippen molar-refractivity contribution in [3.8, 4) is 16.9 Å². The molecule has 0 spiro atoms. The third-order valence-electron chi connectivity index (χ3n) is 5.88. The van der Waals surface area contributed by atoms with Crippen LogP contribution in [-0.4, -0.2) is 60.8 Å². The zero-order valence-corrected chi connectivity index (χ0v) is 18.4. The normalized spacial score (nSPS) is 13.3. The highest BCUT2D eigenvalue weighted by atomic mass is 16.5. The number of nitrogens with zero attached hydrogens (tertiary/aromatic N) is 5. The van der Waals surface area contributed by atoms with Gasteiger partial charge in [-0.15, -0.1) is 0 Å². The molecule has 0 atom stereocenters. The molecule has 0 aliphatic heterocycles. The van der Waals surface area contributed by atoms with Gasteiger partial charge >= 0.3 is 0 Å². The average Bonchev–Trinajstić information content (AvgIpc) is 3.27. The summed E-state index contributed by atoms with van der Waals surface area (Å²) in [5.74, 6) is 2.07. The van der Waals surface area contributed by atoms with Crippen LogP contribution in [0.3, 0.4) is 0 Å².